The molecule has 0 spiro atoms. The van der Waals surface area contributed by atoms with Crippen LogP contribution in [0.2, 0.25) is 0 Å². The van der Waals surface area contributed by atoms with Crippen molar-refractivity contribution in [2.45, 2.75) is 19.8 Å². The van der Waals surface area contributed by atoms with Gasteiger partial charge in [-0.25, -0.2) is 0 Å². The molecule has 0 bridgehead atoms. The largest absolute Gasteiger partial charge is 0.438 e. The summed E-state index contributed by atoms with van der Waals surface area (Å²) < 4.78 is 6.72. The van der Waals surface area contributed by atoms with Crippen LogP contribution < -0.4 is 10.2 Å². The van der Waals surface area contributed by atoms with Crippen LogP contribution in [0.1, 0.15) is 19.2 Å². The van der Waals surface area contributed by atoms with E-state index in [4.69, 9.17) is 10.1 Å². The van der Waals surface area contributed by atoms with Gasteiger partial charge in [0.15, 0.2) is 11.3 Å². The normalized spacial score (nSPS) is 10.4. The average Bonchev–Trinajstić information content (AvgIpc) is 2.43. The van der Waals surface area contributed by atoms with Gasteiger partial charge < -0.3 is 9.94 Å². The number of ether oxygens (including phenoxy) is 1. The Morgan fingerprint density at radius 2 is 2.05 bits per heavy atom. The fourth-order valence-electron chi connectivity index (χ4n) is 1.59. The van der Waals surface area contributed by atoms with E-state index in [2.05, 4.69) is 20.9 Å². The van der Waals surface area contributed by atoms with Gasteiger partial charge in [0.2, 0.25) is 5.88 Å². The number of benzene rings is 1. The molecular formula is C13H14BrN3O2. The summed E-state index contributed by atoms with van der Waals surface area (Å²) in [7, 11) is 0. The minimum absolute atomic E-state index is 0.0793. The molecule has 0 saturated carbocycles. The van der Waals surface area contributed by atoms with Gasteiger partial charge in [0, 0.05) is 6.42 Å². The maximum absolute atomic E-state index is 9.78. The van der Waals surface area contributed by atoms with Gasteiger partial charge in [-0.05, 0) is 34.5 Å². The van der Waals surface area contributed by atoms with E-state index in [0.29, 0.717) is 22.5 Å². The lowest BCUT2D eigenvalue weighted by atomic mass is 10.3. The van der Waals surface area contributed by atoms with Crippen molar-refractivity contribution in [3.8, 4) is 11.6 Å². The molecule has 6 heteroatoms. The third kappa shape index (κ3) is 2.96. The molecular weight excluding hydrogens is 310 g/mol. The molecule has 19 heavy (non-hydrogen) atoms. The topological polar surface area (TPSA) is 71.1 Å². The van der Waals surface area contributed by atoms with Crippen molar-refractivity contribution in [3.63, 3.8) is 0 Å². The van der Waals surface area contributed by atoms with Crippen LogP contribution >= 0.6 is 15.9 Å². The van der Waals surface area contributed by atoms with Gasteiger partial charge in [0.25, 0.3) is 0 Å². The number of halogens is 1. The quantitative estimate of drug-likeness (QED) is 0.849. The highest BCUT2D eigenvalue weighted by molar-refractivity contribution is 9.10. The Labute approximate surface area is 119 Å². The second-order valence-corrected chi connectivity index (χ2v) is 4.77. The van der Waals surface area contributed by atoms with Crippen molar-refractivity contribution >= 4 is 15.9 Å². The van der Waals surface area contributed by atoms with Crippen LogP contribution in [0.15, 0.2) is 34.8 Å². The van der Waals surface area contributed by atoms with Gasteiger partial charge in [-0.15, -0.1) is 0 Å². The zero-order valence-corrected chi connectivity index (χ0v) is 12.0. The van der Waals surface area contributed by atoms with Crippen LogP contribution in [-0.2, 0) is 6.42 Å². The molecule has 1 heterocycles. The Kier molecular flexibility index (Phi) is 4.21. The summed E-state index contributed by atoms with van der Waals surface area (Å²) in [5.41, 5.74) is -0.0793. The van der Waals surface area contributed by atoms with E-state index in [-0.39, 0.29) is 11.4 Å². The third-order valence-corrected chi connectivity index (χ3v) is 3.23. The summed E-state index contributed by atoms with van der Waals surface area (Å²) in [6.45, 7) is 1.98. The maximum atomic E-state index is 9.78. The molecule has 0 saturated heterocycles. The van der Waals surface area contributed by atoms with Crippen LogP contribution in [0.4, 0.5) is 0 Å². The maximum Gasteiger partial charge on any atom is 0.239 e. The number of rotatable bonds is 4. The molecule has 1 aromatic carbocycles. The smallest absolute Gasteiger partial charge is 0.239 e. The Morgan fingerprint density at radius 3 is 2.68 bits per heavy atom. The first kappa shape index (κ1) is 13.6. The standard InChI is InChI=1S/C13H14BrN3O2/c1-2-6-10-16-13(11(14)12(15)17(10)18)19-9-7-4-3-5-8-9/h3-5,7-8,15,18H,2,6H2,1H3. The zero-order valence-electron chi connectivity index (χ0n) is 10.4. The number of aryl methyl sites for hydroxylation is 1. The predicted molar refractivity (Wildman–Crippen MR) is 73.5 cm³/mol. The van der Waals surface area contributed by atoms with Crippen LogP contribution in [0.5, 0.6) is 11.6 Å². The van der Waals surface area contributed by atoms with Crippen LogP contribution in [0, 0.1) is 5.41 Å². The number of para-hydroxylation sites is 1. The fourth-order valence-corrected chi connectivity index (χ4v) is 1.93. The van der Waals surface area contributed by atoms with E-state index in [1.165, 1.54) is 0 Å². The lowest BCUT2D eigenvalue weighted by Crippen LogP contribution is -2.24. The fraction of sp³-hybridized carbons (Fsp3) is 0.231. The number of aromatic nitrogens is 2. The Balaban J connectivity index is 2.43. The van der Waals surface area contributed by atoms with E-state index < -0.39 is 0 Å². The van der Waals surface area contributed by atoms with Crippen molar-refractivity contribution in [1.29, 1.82) is 5.41 Å². The van der Waals surface area contributed by atoms with Crippen molar-refractivity contribution < 1.29 is 9.94 Å². The third-order valence-electron chi connectivity index (χ3n) is 2.51. The summed E-state index contributed by atoms with van der Waals surface area (Å²) in [6.07, 6.45) is 1.39. The molecule has 5 nitrogen and oxygen atoms in total. The highest BCUT2D eigenvalue weighted by Gasteiger charge is 2.13. The number of hydrogen-bond donors (Lipinski definition) is 2. The van der Waals surface area contributed by atoms with E-state index >= 15 is 0 Å². The summed E-state index contributed by atoms with van der Waals surface area (Å²) in [4.78, 5) is 4.24. The first-order chi connectivity index (χ1) is 9.13. The van der Waals surface area contributed by atoms with Crippen LogP contribution in [0.25, 0.3) is 0 Å². The molecule has 0 atom stereocenters. The first-order valence-corrected chi connectivity index (χ1v) is 6.71. The monoisotopic (exact) mass is 323 g/mol. The minimum atomic E-state index is -0.0793. The number of nitrogens with zero attached hydrogens (tertiary/aromatic N) is 2. The molecule has 1 aromatic heterocycles. The molecule has 0 unspecified atom stereocenters. The van der Waals surface area contributed by atoms with Gasteiger partial charge in [-0.3, -0.25) is 5.41 Å². The van der Waals surface area contributed by atoms with Gasteiger partial charge in [-0.1, -0.05) is 25.1 Å². The molecule has 0 aliphatic carbocycles. The zero-order chi connectivity index (χ0) is 13.8. The highest BCUT2D eigenvalue weighted by atomic mass is 79.9. The van der Waals surface area contributed by atoms with Gasteiger partial charge in [0.1, 0.15) is 10.2 Å². The van der Waals surface area contributed by atoms with E-state index in [9.17, 15) is 5.21 Å². The molecule has 0 radical (unpaired) electrons. The highest BCUT2D eigenvalue weighted by Crippen LogP contribution is 2.24. The molecule has 0 aliphatic heterocycles. The molecule has 2 rings (SSSR count). The summed E-state index contributed by atoms with van der Waals surface area (Å²) >= 11 is 3.22. The van der Waals surface area contributed by atoms with Crippen LogP contribution in [-0.4, -0.2) is 14.9 Å². The Bertz CT molecular complexity index is 626. The lowest BCUT2D eigenvalue weighted by molar-refractivity contribution is 0.152. The summed E-state index contributed by atoms with van der Waals surface area (Å²) in [5, 5.41) is 17.6. The number of nitrogens with one attached hydrogen (secondary N) is 1. The van der Waals surface area contributed by atoms with Crippen molar-refractivity contribution in [3.05, 3.63) is 46.1 Å². The Morgan fingerprint density at radius 1 is 1.37 bits per heavy atom. The van der Waals surface area contributed by atoms with E-state index in [1.807, 2.05) is 25.1 Å². The van der Waals surface area contributed by atoms with E-state index in [1.54, 1.807) is 12.1 Å². The SMILES string of the molecule is CCCc1nc(Oc2ccccc2)c(Br)c(=N)n1O. The van der Waals surface area contributed by atoms with Gasteiger partial charge in [-0.2, -0.15) is 9.71 Å². The molecule has 100 valence electrons. The predicted octanol–water partition coefficient (Wildman–Crippen LogP) is 3.11. The minimum Gasteiger partial charge on any atom is -0.438 e. The molecule has 2 N–H and O–H groups in total. The Hall–Kier alpha value is -1.82. The molecule has 2 aromatic rings. The number of hydrogen-bond acceptors (Lipinski definition) is 4. The lowest BCUT2D eigenvalue weighted by Gasteiger charge is -2.11. The molecule has 0 fully saturated rings. The summed E-state index contributed by atoms with van der Waals surface area (Å²) in [6, 6.07) is 9.20. The average molecular weight is 324 g/mol. The second kappa shape index (κ2) is 5.88. The van der Waals surface area contributed by atoms with Crippen molar-refractivity contribution in [2.75, 3.05) is 0 Å². The molecule has 0 amide bonds. The van der Waals surface area contributed by atoms with Gasteiger partial charge in [0.05, 0.1) is 0 Å². The molecule has 0 aliphatic rings. The first-order valence-electron chi connectivity index (χ1n) is 5.91. The second-order valence-electron chi connectivity index (χ2n) is 3.97. The van der Waals surface area contributed by atoms with Gasteiger partial charge >= 0.3 is 0 Å². The van der Waals surface area contributed by atoms with Crippen molar-refractivity contribution in [1.82, 2.24) is 9.71 Å². The van der Waals surface area contributed by atoms with Crippen LogP contribution in [0.3, 0.4) is 0 Å². The van der Waals surface area contributed by atoms with Crippen molar-refractivity contribution in [2.24, 2.45) is 0 Å². The van der Waals surface area contributed by atoms with E-state index in [0.717, 1.165) is 11.2 Å². The summed E-state index contributed by atoms with van der Waals surface area (Å²) in [5.74, 6) is 1.32.